The summed E-state index contributed by atoms with van der Waals surface area (Å²) < 4.78 is 0. The Labute approximate surface area is 80.3 Å². The van der Waals surface area contributed by atoms with Gasteiger partial charge < -0.3 is 10.6 Å². The highest BCUT2D eigenvalue weighted by Gasteiger charge is 2.32. The van der Waals surface area contributed by atoms with Crippen LogP contribution in [-0.4, -0.2) is 29.9 Å². The summed E-state index contributed by atoms with van der Waals surface area (Å²) in [6.07, 6.45) is 3.07. The first-order valence-corrected chi connectivity index (χ1v) is 5.06. The quantitative estimate of drug-likeness (QED) is 0.695. The van der Waals surface area contributed by atoms with Crippen molar-refractivity contribution >= 4 is 5.91 Å². The zero-order chi connectivity index (χ0) is 10.0. The molecule has 1 fully saturated rings. The van der Waals surface area contributed by atoms with E-state index in [2.05, 4.69) is 0 Å². The smallest absolute Gasteiger partial charge is 0.227 e. The van der Waals surface area contributed by atoms with Crippen LogP contribution in [-0.2, 0) is 4.79 Å². The molecular weight excluding hydrogens is 164 g/mol. The zero-order valence-corrected chi connectivity index (χ0v) is 8.79. The molecule has 0 bridgehead atoms. The lowest BCUT2D eigenvalue weighted by atomic mass is 10.0. The lowest BCUT2D eigenvalue weighted by Gasteiger charge is -2.26. The summed E-state index contributed by atoms with van der Waals surface area (Å²) >= 11 is 0. The molecule has 76 valence electrons. The van der Waals surface area contributed by atoms with Crippen LogP contribution in [0.2, 0.25) is 0 Å². The minimum absolute atomic E-state index is 0.0763. The van der Waals surface area contributed by atoms with Crippen molar-refractivity contribution in [2.45, 2.75) is 45.2 Å². The Morgan fingerprint density at radius 3 is 2.46 bits per heavy atom. The molecule has 1 saturated carbocycles. The molecule has 13 heavy (non-hydrogen) atoms. The van der Waals surface area contributed by atoms with Crippen molar-refractivity contribution in [1.82, 2.24) is 4.90 Å². The van der Waals surface area contributed by atoms with Crippen molar-refractivity contribution in [1.29, 1.82) is 0 Å². The fourth-order valence-electron chi connectivity index (χ4n) is 1.81. The van der Waals surface area contributed by atoms with E-state index in [1.165, 1.54) is 0 Å². The largest absolute Gasteiger partial charge is 0.343 e. The molecule has 1 aliphatic rings. The van der Waals surface area contributed by atoms with Crippen LogP contribution >= 0.6 is 0 Å². The van der Waals surface area contributed by atoms with Gasteiger partial charge in [0.25, 0.3) is 0 Å². The van der Waals surface area contributed by atoms with Gasteiger partial charge in [0.15, 0.2) is 0 Å². The number of nitrogens with zero attached hydrogens (tertiary/aromatic N) is 1. The number of hydrogen-bond donors (Lipinski definition) is 1. The van der Waals surface area contributed by atoms with E-state index in [4.69, 9.17) is 5.73 Å². The second kappa shape index (κ2) is 4.09. The summed E-state index contributed by atoms with van der Waals surface area (Å²) in [6, 6.07) is 0.369. The van der Waals surface area contributed by atoms with Crippen molar-refractivity contribution in [2.24, 2.45) is 11.7 Å². The van der Waals surface area contributed by atoms with Gasteiger partial charge in [-0.15, -0.1) is 0 Å². The van der Waals surface area contributed by atoms with Gasteiger partial charge in [0.05, 0.1) is 5.92 Å². The number of nitrogens with two attached hydrogens (primary N) is 1. The summed E-state index contributed by atoms with van der Waals surface area (Å²) in [5.74, 6) is 0.299. The van der Waals surface area contributed by atoms with Crippen molar-refractivity contribution in [2.75, 3.05) is 7.05 Å². The number of rotatable bonds is 2. The molecule has 2 atom stereocenters. The van der Waals surface area contributed by atoms with Gasteiger partial charge in [-0.1, -0.05) is 6.42 Å². The van der Waals surface area contributed by atoms with Gasteiger partial charge in [0, 0.05) is 19.1 Å². The summed E-state index contributed by atoms with van der Waals surface area (Å²) in [6.45, 7) is 4.05. The highest BCUT2D eigenvalue weighted by molar-refractivity contribution is 5.79. The lowest BCUT2D eigenvalue weighted by Crippen LogP contribution is -2.42. The molecule has 0 heterocycles. The van der Waals surface area contributed by atoms with Gasteiger partial charge in [0.2, 0.25) is 5.91 Å². The van der Waals surface area contributed by atoms with Gasteiger partial charge in [-0.25, -0.2) is 0 Å². The topological polar surface area (TPSA) is 46.3 Å². The first-order chi connectivity index (χ1) is 6.04. The molecule has 0 aromatic rings. The van der Waals surface area contributed by atoms with E-state index in [0.29, 0.717) is 0 Å². The third-order valence-corrected chi connectivity index (χ3v) is 3.01. The first-order valence-electron chi connectivity index (χ1n) is 5.06. The van der Waals surface area contributed by atoms with E-state index >= 15 is 0 Å². The van der Waals surface area contributed by atoms with Crippen LogP contribution < -0.4 is 5.73 Å². The van der Waals surface area contributed by atoms with Crippen molar-refractivity contribution < 1.29 is 4.79 Å². The molecule has 3 nitrogen and oxygen atoms in total. The molecule has 0 spiro atoms. The van der Waals surface area contributed by atoms with E-state index in [1.807, 2.05) is 20.9 Å². The Bertz CT molecular complexity index is 191. The second-order valence-corrected chi connectivity index (χ2v) is 4.24. The highest BCUT2D eigenvalue weighted by Crippen LogP contribution is 2.25. The molecule has 2 unspecified atom stereocenters. The summed E-state index contributed by atoms with van der Waals surface area (Å²) in [5, 5.41) is 0. The second-order valence-electron chi connectivity index (χ2n) is 4.24. The van der Waals surface area contributed by atoms with Gasteiger partial charge >= 0.3 is 0 Å². The Balaban J connectivity index is 2.56. The lowest BCUT2D eigenvalue weighted by molar-refractivity contribution is -0.135. The minimum Gasteiger partial charge on any atom is -0.343 e. The molecular formula is C10H20N2O. The van der Waals surface area contributed by atoms with Crippen LogP contribution in [0.3, 0.4) is 0 Å². The third kappa shape index (κ3) is 2.21. The maximum absolute atomic E-state index is 11.8. The van der Waals surface area contributed by atoms with Crippen LogP contribution in [0.5, 0.6) is 0 Å². The monoisotopic (exact) mass is 184 g/mol. The van der Waals surface area contributed by atoms with E-state index in [9.17, 15) is 4.79 Å². The van der Waals surface area contributed by atoms with E-state index in [0.717, 1.165) is 19.3 Å². The predicted octanol–water partition coefficient (Wildman–Crippen LogP) is 0.981. The summed E-state index contributed by atoms with van der Waals surface area (Å²) in [4.78, 5) is 13.6. The number of carbonyl (C=O) groups is 1. The van der Waals surface area contributed by atoms with Crippen molar-refractivity contribution in [3.8, 4) is 0 Å². The van der Waals surface area contributed by atoms with Crippen LogP contribution in [0.25, 0.3) is 0 Å². The summed E-state index contributed by atoms with van der Waals surface area (Å²) in [5.41, 5.74) is 5.87. The molecule has 0 radical (unpaired) electrons. The summed E-state index contributed by atoms with van der Waals surface area (Å²) in [7, 11) is 1.86. The Kier molecular flexibility index (Phi) is 3.31. The Morgan fingerprint density at radius 1 is 1.46 bits per heavy atom. The van der Waals surface area contributed by atoms with E-state index in [1.54, 1.807) is 4.90 Å². The van der Waals surface area contributed by atoms with E-state index in [-0.39, 0.29) is 23.9 Å². The molecule has 3 heteroatoms. The van der Waals surface area contributed by atoms with E-state index < -0.39 is 0 Å². The molecule has 1 amide bonds. The first kappa shape index (κ1) is 10.5. The van der Waals surface area contributed by atoms with Crippen LogP contribution in [0, 0.1) is 5.92 Å². The molecule has 0 aromatic carbocycles. The predicted molar refractivity (Wildman–Crippen MR) is 53.2 cm³/mol. The normalized spacial score (nSPS) is 28.1. The highest BCUT2D eigenvalue weighted by atomic mass is 16.2. The molecule has 1 rings (SSSR count). The van der Waals surface area contributed by atoms with Gasteiger partial charge in [-0.05, 0) is 26.7 Å². The molecule has 0 aromatic heterocycles. The van der Waals surface area contributed by atoms with Gasteiger partial charge in [-0.2, -0.15) is 0 Å². The molecule has 1 aliphatic carbocycles. The van der Waals surface area contributed by atoms with Gasteiger partial charge in [0.1, 0.15) is 0 Å². The van der Waals surface area contributed by atoms with Crippen LogP contribution in [0.1, 0.15) is 33.1 Å². The fraction of sp³-hybridized carbons (Fsp3) is 0.900. The number of hydrogen-bond acceptors (Lipinski definition) is 2. The van der Waals surface area contributed by atoms with Crippen LogP contribution in [0.15, 0.2) is 0 Å². The number of carbonyl (C=O) groups excluding carboxylic acids is 1. The fourth-order valence-corrected chi connectivity index (χ4v) is 1.81. The number of amides is 1. The SMILES string of the molecule is CC(C)N(C)C(=O)C1CCCC1N. The maximum atomic E-state index is 11.8. The van der Waals surface area contributed by atoms with Crippen LogP contribution in [0.4, 0.5) is 0 Å². The standard InChI is InChI=1S/C10H20N2O/c1-7(2)12(3)10(13)8-5-4-6-9(8)11/h7-9H,4-6,11H2,1-3H3. The van der Waals surface area contributed by atoms with Gasteiger partial charge in [-0.3, -0.25) is 4.79 Å². The average molecular weight is 184 g/mol. The zero-order valence-electron chi connectivity index (χ0n) is 8.79. The maximum Gasteiger partial charge on any atom is 0.227 e. The molecule has 2 N–H and O–H groups in total. The average Bonchev–Trinajstić information content (AvgIpc) is 2.48. The minimum atomic E-state index is 0.0763. The van der Waals surface area contributed by atoms with Crippen molar-refractivity contribution in [3.63, 3.8) is 0 Å². The molecule has 0 saturated heterocycles. The Hall–Kier alpha value is -0.570. The molecule has 0 aliphatic heterocycles. The Morgan fingerprint density at radius 2 is 2.08 bits per heavy atom. The van der Waals surface area contributed by atoms with Crippen molar-refractivity contribution in [3.05, 3.63) is 0 Å². The third-order valence-electron chi connectivity index (χ3n) is 3.01.